The summed E-state index contributed by atoms with van der Waals surface area (Å²) in [7, 11) is 3.44. The van der Waals surface area contributed by atoms with Gasteiger partial charge in [-0.25, -0.2) is 14.8 Å². The van der Waals surface area contributed by atoms with Gasteiger partial charge >= 0.3 is 12.2 Å². The number of rotatable bonds is 6. The van der Waals surface area contributed by atoms with E-state index < -0.39 is 47.4 Å². The number of aromatic nitrogens is 6. The Kier molecular flexibility index (Phi) is 10.6. The number of nitrogens with one attached hydrogen (secondary N) is 1. The lowest BCUT2D eigenvalue weighted by Crippen LogP contribution is -2.51. The van der Waals surface area contributed by atoms with Gasteiger partial charge in [-0.3, -0.25) is 14.4 Å². The van der Waals surface area contributed by atoms with E-state index in [2.05, 4.69) is 25.3 Å². The molecule has 0 saturated carbocycles. The minimum atomic E-state index is -4.64. The number of hydrogen-bond donors (Lipinski definition) is 2. The average molecular weight is 864 g/mol. The second-order valence-corrected chi connectivity index (χ2v) is 15.8. The summed E-state index contributed by atoms with van der Waals surface area (Å²) in [4.78, 5) is 74.0. The summed E-state index contributed by atoms with van der Waals surface area (Å²) in [5, 5.41) is 17.4. The van der Waals surface area contributed by atoms with E-state index in [1.807, 2.05) is 24.3 Å². The summed E-state index contributed by atoms with van der Waals surface area (Å²) in [6.07, 6.45) is -3.85. The minimum Gasteiger partial charge on any atom is -0.504 e. The summed E-state index contributed by atoms with van der Waals surface area (Å²) in [5.41, 5.74) is -0.564. The van der Waals surface area contributed by atoms with Crippen molar-refractivity contribution in [3.05, 3.63) is 92.4 Å². The van der Waals surface area contributed by atoms with Crippen LogP contribution in [0.25, 0.3) is 17.2 Å². The number of likely N-dealkylation sites (tertiary alicyclic amines) is 1. The molecular weight excluding hydrogens is 823 g/mol. The fourth-order valence-corrected chi connectivity index (χ4v) is 8.48. The van der Waals surface area contributed by atoms with Crippen LogP contribution in [-0.4, -0.2) is 120 Å². The number of carbonyl (C=O) groups is 3. The topological polar surface area (TPSA) is 184 Å². The third-order valence-corrected chi connectivity index (χ3v) is 11.7. The van der Waals surface area contributed by atoms with E-state index in [1.54, 1.807) is 37.7 Å². The maximum Gasteiger partial charge on any atom is 0.416 e. The van der Waals surface area contributed by atoms with Crippen LogP contribution in [0.15, 0.2) is 53.6 Å². The van der Waals surface area contributed by atoms with Gasteiger partial charge in [-0.2, -0.15) is 22.7 Å². The van der Waals surface area contributed by atoms with E-state index in [9.17, 15) is 37.5 Å². The molecule has 0 radical (unpaired) electrons. The van der Waals surface area contributed by atoms with Crippen molar-refractivity contribution in [3.63, 3.8) is 0 Å². The van der Waals surface area contributed by atoms with E-state index in [0.29, 0.717) is 37.4 Å². The number of piperidine rings is 1. The summed E-state index contributed by atoms with van der Waals surface area (Å²) < 4.78 is 49.3. The van der Waals surface area contributed by atoms with Crippen LogP contribution < -0.4 is 15.8 Å². The van der Waals surface area contributed by atoms with Gasteiger partial charge in [-0.15, -0.1) is 5.10 Å². The van der Waals surface area contributed by atoms with Crippen molar-refractivity contribution >= 4 is 46.6 Å². The van der Waals surface area contributed by atoms with Crippen LogP contribution in [0.1, 0.15) is 58.9 Å². The SMILES string of the molecule is Cc1ncnc(C(=O)N2CCC3(CC2)O[C@H](C)c2c3c(=O)n3nc(-c4ccc(N5CCN(C(=O)N(C)C)CC5)cc4)nc3n2CC(=O)Nc2ccc(C(F)(F)F)cc2Cl)c1O. The highest BCUT2D eigenvalue weighted by molar-refractivity contribution is 6.33. The number of urea groups is 1. The predicted molar refractivity (Wildman–Crippen MR) is 215 cm³/mol. The molecule has 5 aromatic rings. The number of piperazine rings is 1. The number of amides is 4. The molecule has 0 aliphatic carbocycles. The second kappa shape index (κ2) is 15.6. The van der Waals surface area contributed by atoms with Crippen molar-refractivity contribution in [3.8, 4) is 17.1 Å². The monoisotopic (exact) mass is 863 g/mol. The van der Waals surface area contributed by atoms with Crippen LogP contribution in [0.2, 0.25) is 5.02 Å². The van der Waals surface area contributed by atoms with Gasteiger partial charge in [0.15, 0.2) is 17.3 Å². The second-order valence-electron chi connectivity index (χ2n) is 15.4. The third-order valence-electron chi connectivity index (χ3n) is 11.4. The number of anilines is 2. The molecule has 1 spiro atoms. The maximum absolute atomic E-state index is 14.7. The highest BCUT2D eigenvalue weighted by Crippen LogP contribution is 2.48. The van der Waals surface area contributed by atoms with E-state index >= 15 is 0 Å². The van der Waals surface area contributed by atoms with Crippen LogP contribution in [0.5, 0.6) is 5.75 Å². The van der Waals surface area contributed by atoms with Crippen LogP contribution in [0.4, 0.5) is 29.3 Å². The van der Waals surface area contributed by atoms with Crippen LogP contribution >= 0.6 is 11.6 Å². The van der Waals surface area contributed by atoms with Gasteiger partial charge in [0.2, 0.25) is 11.7 Å². The molecule has 8 rings (SSSR count). The molecule has 21 heteroatoms. The first kappa shape index (κ1) is 41.5. The number of fused-ring (bicyclic) bond motifs is 3. The Labute approximate surface area is 351 Å². The van der Waals surface area contributed by atoms with Gasteiger partial charge in [0.1, 0.15) is 18.5 Å². The normalized spacial score (nSPS) is 17.5. The van der Waals surface area contributed by atoms with Crippen molar-refractivity contribution in [1.29, 1.82) is 0 Å². The van der Waals surface area contributed by atoms with Crippen LogP contribution in [0, 0.1) is 6.92 Å². The lowest BCUT2D eigenvalue weighted by atomic mass is 9.85. The first-order valence-corrected chi connectivity index (χ1v) is 19.8. The summed E-state index contributed by atoms with van der Waals surface area (Å²) in [6, 6.07) is 9.99. The number of carbonyl (C=O) groups excluding carboxylic acids is 3. The van der Waals surface area contributed by atoms with Gasteiger partial charge in [-0.05, 0) is 69.2 Å². The number of aryl methyl sites for hydroxylation is 1. The van der Waals surface area contributed by atoms with Gasteiger partial charge in [0.05, 0.1) is 39.3 Å². The Morgan fingerprint density at radius 1 is 1.00 bits per heavy atom. The molecule has 3 aliphatic rings. The first-order chi connectivity index (χ1) is 29.0. The van der Waals surface area contributed by atoms with Crippen molar-refractivity contribution in [1.82, 2.24) is 43.8 Å². The van der Waals surface area contributed by atoms with Crippen molar-refractivity contribution in [2.24, 2.45) is 0 Å². The largest absolute Gasteiger partial charge is 0.504 e. The highest BCUT2D eigenvalue weighted by Gasteiger charge is 2.51. The van der Waals surface area contributed by atoms with E-state index in [4.69, 9.17) is 21.3 Å². The maximum atomic E-state index is 14.7. The summed E-state index contributed by atoms with van der Waals surface area (Å²) >= 11 is 6.19. The lowest BCUT2D eigenvalue weighted by molar-refractivity contribution is -0.137. The Balaban J connectivity index is 1.13. The summed E-state index contributed by atoms with van der Waals surface area (Å²) in [5.74, 6) is -1.30. The fraction of sp³-hybridized carbons (Fsp3) is 0.400. The number of ether oxygens (including phenoxy) is 1. The molecule has 61 heavy (non-hydrogen) atoms. The number of halogens is 4. The number of alkyl halides is 3. The van der Waals surface area contributed by atoms with Gasteiger partial charge in [0, 0.05) is 64.6 Å². The standard InChI is InChI=1S/C40H41ClF3N11O6/c1-22-33(57)31(46-21-45-22)36(59)52-13-11-39(12-14-52)30-32(23(2)61-39)54(20-29(56)47-28-10-7-25(19-27(28)41)40(42,43)44)37-48-34(49-55(37)35(30)58)24-5-8-26(9-6-24)51-15-17-53(18-16-51)38(60)50(3)4/h5-10,19,21,23,57H,11-18,20H2,1-4H3,(H,47,56)/t23-/m1/s1. The smallest absolute Gasteiger partial charge is 0.416 e. The number of nitrogens with zero attached hydrogens (tertiary/aromatic N) is 10. The summed E-state index contributed by atoms with van der Waals surface area (Å²) in [6.45, 7) is 5.48. The Morgan fingerprint density at radius 2 is 1.69 bits per heavy atom. The zero-order chi connectivity index (χ0) is 43.5. The van der Waals surface area contributed by atoms with E-state index in [0.717, 1.165) is 28.4 Å². The molecule has 4 amide bonds. The molecule has 3 aromatic heterocycles. The Bertz CT molecular complexity index is 2620. The molecule has 2 fully saturated rings. The lowest BCUT2D eigenvalue weighted by Gasteiger charge is -2.39. The highest BCUT2D eigenvalue weighted by atomic mass is 35.5. The average Bonchev–Trinajstić information content (AvgIpc) is 3.80. The van der Waals surface area contributed by atoms with Crippen molar-refractivity contribution in [2.45, 2.75) is 51.1 Å². The Morgan fingerprint density at radius 3 is 2.33 bits per heavy atom. The molecule has 0 unspecified atom stereocenters. The molecule has 3 aliphatic heterocycles. The fourth-order valence-electron chi connectivity index (χ4n) is 8.25. The minimum absolute atomic E-state index is 0.0212. The molecule has 0 bridgehead atoms. The van der Waals surface area contributed by atoms with Crippen LogP contribution in [0.3, 0.4) is 0 Å². The van der Waals surface area contributed by atoms with Gasteiger partial charge < -0.3 is 39.3 Å². The molecule has 17 nitrogen and oxygen atoms in total. The van der Waals surface area contributed by atoms with Crippen molar-refractivity contribution < 1.29 is 37.4 Å². The number of aromatic hydroxyl groups is 1. The number of benzene rings is 2. The van der Waals surface area contributed by atoms with Crippen molar-refractivity contribution in [2.75, 3.05) is 63.6 Å². The molecule has 2 N–H and O–H groups in total. The Hall–Kier alpha value is -6.28. The zero-order valence-corrected chi connectivity index (χ0v) is 34.3. The predicted octanol–water partition coefficient (Wildman–Crippen LogP) is 4.70. The molecule has 2 aromatic carbocycles. The molecule has 6 heterocycles. The third kappa shape index (κ3) is 7.58. The molecule has 2 saturated heterocycles. The molecule has 1 atom stereocenters. The number of hydrogen-bond acceptors (Lipinski definition) is 11. The van der Waals surface area contributed by atoms with Crippen LogP contribution in [-0.2, 0) is 27.9 Å². The molecule has 320 valence electrons. The molecular formula is C40H41ClF3N11O6. The van der Waals surface area contributed by atoms with Gasteiger partial charge in [-0.1, -0.05) is 11.6 Å². The zero-order valence-electron chi connectivity index (χ0n) is 33.5. The van der Waals surface area contributed by atoms with E-state index in [-0.39, 0.29) is 77.0 Å². The quantitative estimate of drug-likeness (QED) is 0.241. The first-order valence-electron chi connectivity index (χ1n) is 19.5. The van der Waals surface area contributed by atoms with Gasteiger partial charge in [0.25, 0.3) is 11.5 Å². The van der Waals surface area contributed by atoms with E-state index in [1.165, 1.54) is 15.8 Å².